The summed E-state index contributed by atoms with van der Waals surface area (Å²) in [7, 11) is 1.54. The molecule has 1 N–H and O–H groups in total. The summed E-state index contributed by atoms with van der Waals surface area (Å²) in [5, 5.41) is 11.0. The maximum absolute atomic E-state index is 13.7. The van der Waals surface area contributed by atoms with Crippen molar-refractivity contribution in [2.45, 2.75) is 32.7 Å². The highest BCUT2D eigenvalue weighted by Crippen LogP contribution is 2.40. The lowest BCUT2D eigenvalue weighted by Gasteiger charge is -2.25. The highest BCUT2D eigenvalue weighted by atomic mass is 19.1. The van der Waals surface area contributed by atoms with Gasteiger partial charge in [0.05, 0.1) is 18.7 Å². The van der Waals surface area contributed by atoms with E-state index in [2.05, 4.69) is 0 Å². The number of amides is 1. The van der Waals surface area contributed by atoms with E-state index in [9.17, 15) is 19.1 Å². The zero-order valence-corrected chi connectivity index (χ0v) is 16.7. The number of benzene rings is 2. The van der Waals surface area contributed by atoms with Crippen molar-refractivity contribution in [2.24, 2.45) is 0 Å². The van der Waals surface area contributed by atoms with Crippen molar-refractivity contribution in [3.8, 4) is 5.75 Å². The average molecular weight is 397 g/mol. The van der Waals surface area contributed by atoms with E-state index in [1.807, 2.05) is 6.92 Å². The second-order valence-corrected chi connectivity index (χ2v) is 7.09. The number of hydrogen-bond donors (Lipinski definition) is 1. The molecule has 0 spiro atoms. The number of nitrogens with zero attached hydrogens (tertiary/aromatic N) is 1. The van der Waals surface area contributed by atoms with Gasteiger partial charge in [0.15, 0.2) is 0 Å². The van der Waals surface area contributed by atoms with Crippen LogP contribution in [0.2, 0.25) is 0 Å². The molecule has 29 heavy (non-hydrogen) atoms. The van der Waals surface area contributed by atoms with Gasteiger partial charge in [-0.15, -0.1) is 0 Å². The van der Waals surface area contributed by atoms with E-state index in [1.54, 1.807) is 31.2 Å². The SMILES string of the molecule is CCCCN1C(=O)C(=O)/C(=C(\O)c2ccc(F)c(C)c2)C1c1cccc(OC)c1. The fourth-order valence-corrected chi connectivity index (χ4v) is 3.54. The van der Waals surface area contributed by atoms with Crippen LogP contribution in [0.15, 0.2) is 48.0 Å². The van der Waals surface area contributed by atoms with E-state index < -0.39 is 23.5 Å². The number of aliphatic hydroxyl groups excluding tert-OH is 1. The number of methoxy groups -OCH3 is 1. The van der Waals surface area contributed by atoms with Crippen LogP contribution in [-0.2, 0) is 9.59 Å². The molecular formula is C23H24FNO4. The summed E-state index contributed by atoms with van der Waals surface area (Å²) in [6, 6.07) is 10.5. The highest BCUT2D eigenvalue weighted by molar-refractivity contribution is 6.46. The van der Waals surface area contributed by atoms with E-state index in [-0.39, 0.29) is 11.3 Å². The summed E-state index contributed by atoms with van der Waals surface area (Å²) in [5.41, 5.74) is 1.31. The van der Waals surface area contributed by atoms with Gasteiger partial charge in [0, 0.05) is 12.1 Å². The molecular weight excluding hydrogens is 373 g/mol. The average Bonchev–Trinajstić information content (AvgIpc) is 2.98. The lowest BCUT2D eigenvalue weighted by molar-refractivity contribution is -0.139. The van der Waals surface area contributed by atoms with E-state index in [0.29, 0.717) is 29.0 Å². The monoisotopic (exact) mass is 397 g/mol. The molecule has 1 aliphatic rings. The molecule has 6 heteroatoms. The number of carbonyl (C=O) groups is 2. The first-order chi connectivity index (χ1) is 13.9. The van der Waals surface area contributed by atoms with Gasteiger partial charge in [0.2, 0.25) is 0 Å². The number of carbonyl (C=O) groups excluding carboxylic acids is 2. The largest absolute Gasteiger partial charge is 0.507 e. The van der Waals surface area contributed by atoms with Gasteiger partial charge >= 0.3 is 0 Å². The summed E-state index contributed by atoms with van der Waals surface area (Å²) in [5.74, 6) is -1.52. The van der Waals surface area contributed by atoms with Crippen LogP contribution in [0.1, 0.15) is 42.5 Å². The molecule has 3 rings (SSSR count). The van der Waals surface area contributed by atoms with Crippen molar-refractivity contribution in [3.05, 3.63) is 70.5 Å². The summed E-state index contributed by atoms with van der Waals surface area (Å²) in [4.78, 5) is 27.1. The van der Waals surface area contributed by atoms with Gasteiger partial charge in [-0.05, 0) is 54.8 Å². The maximum Gasteiger partial charge on any atom is 0.295 e. The molecule has 152 valence electrons. The molecule has 0 radical (unpaired) electrons. The second kappa shape index (κ2) is 8.47. The zero-order valence-electron chi connectivity index (χ0n) is 16.7. The number of Topliss-reactive ketones (excluding diaryl/α,β-unsaturated/α-hetero) is 1. The van der Waals surface area contributed by atoms with E-state index in [0.717, 1.165) is 12.8 Å². The number of unbranched alkanes of at least 4 members (excludes halogenated alkanes) is 1. The Bertz CT molecular complexity index is 983. The fourth-order valence-electron chi connectivity index (χ4n) is 3.54. The first-order valence-corrected chi connectivity index (χ1v) is 9.58. The number of rotatable bonds is 6. The predicted octanol–water partition coefficient (Wildman–Crippen LogP) is 4.36. The van der Waals surface area contributed by atoms with Gasteiger partial charge in [-0.2, -0.15) is 0 Å². The standard InChI is InChI=1S/C23H24FNO4/c1-4-5-11-25-20(15-7-6-8-17(13-15)29-3)19(22(27)23(25)28)21(26)16-9-10-18(24)14(2)12-16/h6-10,12-13,20,26H,4-5,11H2,1-3H3/b21-19-. The van der Waals surface area contributed by atoms with E-state index in [1.165, 1.54) is 30.2 Å². The van der Waals surface area contributed by atoms with Crippen molar-refractivity contribution in [1.29, 1.82) is 0 Å². The van der Waals surface area contributed by atoms with E-state index >= 15 is 0 Å². The molecule has 1 aliphatic heterocycles. The maximum atomic E-state index is 13.7. The number of hydrogen-bond acceptors (Lipinski definition) is 4. The van der Waals surface area contributed by atoms with Gasteiger partial charge in [-0.25, -0.2) is 4.39 Å². The van der Waals surface area contributed by atoms with Crippen molar-refractivity contribution in [2.75, 3.05) is 13.7 Å². The van der Waals surface area contributed by atoms with Gasteiger partial charge in [-0.1, -0.05) is 25.5 Å². The molecule has 0 aliphatic carbocycles. The molecule has 2 aromatic carbocycles. The minimum Gasteiger partial charge on any atom is -0.507 e. The number of aryl methyl sites for hydroxylation is 1. The van der Waals surface area contributed by atoms with E-state index in [4.69, 9.17) is 4.74 Å². The van der Waals surface area contributed by atoms with Crippen molar-refractivity contribution < 1.29 is 23.8 Å². The number of halogens is 1. The summed E-state index contributed by atoms with van der Waals surface area (Å²) < 4.78 is 18.9. The van der Waals surface area contributed by atoms with Crippen LogP contribution < -0.4 is 4.74 Å². The molecule has 1 atom stereocenters. The Morgan fingerprint density at radius 3 is 2.62 bits per heavy atom. The first kappa shape index (κ1) is 20.6. The minimum absolute atomic E-state index is 0.00497. The van der Waals surface area contributed by atoms with Gasteiger partial charge in [-0.3, -0.25) is 9.59 Å². The van der Waals surface area contributed by atoms with Gasteiger partial charge in [0.25, 0.3) is 11.7 Å². The molecule has 0 aromatic heterocycles. The third-order valence-electron chi connectivity index (χ3n) is 5.13. The molecule has 1 fully saturated rings. The molecule has 1 amide bonds. The van der Waals surface area contributed by atoms with Crippen LogP contribution >= 0.6 is 0 Å². The molecule has 5 nitrogen and oxygen atoms in total. The van der Waals surface area contributed by atoms with Crippen LogP contribution in [0, 0.1) is 12.7 Å². The van der Waals surface area contributed by atoms with Gasteiger partial charge in [0.1, 0.15) is 17.3 Å². The third kappa shape index (κ3) is 3.88. The fraction of sp³-hybridized carbons (Fsp3) is 0.304. The molecule has 1 saturated heterocycles. The quantitative estimate of drug-likeness (QED) is 0.447. The highest BCUT2D eigenvalue weighted by Gasteiger charge is 2.45. The Hall–Kier alpha value is -3.15. The van der Waals surface area contributed by atoms with Crippen LogP contribution in [0.4, 0.5) is 4.39 Å². The zero-order chi connectivity index (χ0) is 21.1. The summed E-state index contributed by atoms with van der Waals surface area (Å²) in [6.07, 6.45) is 1.58. The summed E-state index contributed by atoms with van der Waals surface area (Å²) in [6.45, 7) is 3.96. The molecule has 1 unspecified atom stereocenters. The van der Waals surface area contributed by atoms with Crippen LogP contribution in [0.25, 0.3) is 5.76 Å². The van der Waals surface area contributed by atoms with Gasteiger partial charge < -0.3 is 14.7 Å². The molecule has 0 bridgehead atoms. The number of aliphatic hydroxyl groups is 1. The van der Waals surface area contributed by atoms with Crippen molar-refractivity contribution in [3.63, 3.8) is 0 Å². The Kier molecular flexibility index (Phi) is 6.01. The molecule has 2 aromatic rings. The van der Waals surface area contributed by atoms with Crippen molar-refractivity contribution in [1.82, 2.24) is 4.90 Å². The first-order valence-electron chi connectivity index (χ1n) is 9.58. The lowest BCUT2D eigenvalue weighted by atomic mass is 9.94. The Morgan fingerprint density at radius 2 is 1.97 bits per heavy atom. The molecule has 0 saturated carbocycles. The number of ether oxygens (including phenoxy) is 1. The lowest BCUT2D eigenvalue weighted by Crippen LogP contribution is -2.30. The third-order valence-corrected chi connectivity index (χ3v) is 5.13. The smallest absolute Gasteiger partial charge is 0.295 e. The van der Waals surface area contributed by atoms with Crippen molar-refractivity contribution >= 4 is 17.4 Å². The summed E-state index contributed by atoms with van der Waals surface area (Å²) >= 11 is 0. The van der Waals surface area contributed by atoms with Crippen LogP contribution in [-0.4, -0.2) is 35.4 Å². The van der Waals surface area contributed by atoms with Crippen LogP contribution in [0.5, 0.6) is 5.75 Å². The Morgan fingerprint density at radius 1 is 1.21 bits per heavy atom. The second-order valence-electron chi connectivity index (χ2n) is 7.09. The minimum atomic E-state index is -0.742. The predicted molar refractivity (Wildman–Crippen MR) is 108 cm³/mol. The molecule has 1 heterocycles. The normalized spacial score (nSPS) is 18.3. The number of likely N-dealkylation sites (tertiary alicyclic amines) is 1. The number of ketones is 1. The Balaban J connectivity index is 2.19. The van der Waals surface area contributed by atoms with Crippen LogP contribution in [0.3, 0.4) is 0 Å². The Labute approximate surface area is 169 Å². The topological polar surface area (TPSA) is 66.8 Å².